The van der Waals surface area contributed by atoms with Crippen LogP contribution in [-0.4, -0.2) is 52.1 Å². The van der Waals surface area contributed by atoms with Crippen LogP contribution < -0.4 is 10.2 Å². The molecule has 1 aromatic heterocycles. The minimum atomic E-state index is -5.09. The second kappa shape index (κ2) is 6.61. The van der Waals surface area contributed by atoms with Crippen LogP contribution in [0, 0.1) is 10.1 Å². The van der Waals surface area contributed by atoms with E-state index in [2.05, 4.69) is 5.10 Å². The van der Waals surface area contributed by atoms with Gasteiger partial charge in [-0.15, -0.1) is 0 Å². The number of nitrogens with zero attached hydrogens (tertiary/aromatic N) is 4. The van der Waals surface area contributed by atoms with Crippen molar-refractivity contribution < 1.29 is 27.3 Å². The van der Waals surface area contributed by atoms with Gasteiger partial charge in [-0.3, -0.25) is 14.9 Å². The van der Waals surface area contributed by atoms with Gasteiger partial charge in [-0.2, -0.15) is 18.3 Å². The lowest BCUT2D eigenvalue weighted by molar-refractivity contribution is -0.384. The van der Waals surface area contributed by atoms with Crippen molar-refractivity contribution in [3.8, 4) is 0 Å². The third kappa shape index (κ3) is 3.74. The molecule has 24 heavy (non-hydrogen) atoms. The molecule has 0 bridgehead atoms. The zero-order valence-electron chi connectivity index (χ0n) is 12.6. The van der Waals surface area contributed by atoms with Crippen LogP contribution in [-0.2, 0) is 11.8 Å². The van der Waals surface area contributed by atoms with E-state index in [1.807, 2.05) is 0 Å². The Morgan fingerprint density at radius 3 is 2.62 bits per heavy atom. The Labute approximate surface area is 133 Å². The third-order valence-corrected chi connectivity index (χ3v) is 3.78. The normalized spacial score (nSPS) is 22.1. The fourth-order valence-electron chi connectivity index (χ4n) is 2.61. The highest BCUT2D eigenvalue weighted by molar-refractivity contribution is 5.82. The minimum Gasteiger partial charge on any atom is -0.351 e. The number of alkyl halides is 4. The molecular weight excluding hydrogens is 338 g/mol. The Morgan fingerprint density at radius 2 is 2.04 bits per heavy atom. The average Bonchev–Trinajstić information content (AvgIpc) is 2.77. The largest absolute Gasteiger partial charge is 0.471 e. The maximum atomic E-state index is 14.1. The number of hydrogen-bond acceptors (Lipinski definition) is 5. The van der Waals surface area contributed by atoms with Gasteiger partial charge in [0.2, 0.25) is 5.82 Å². The van der Waals surface area contributed by atoms with Crippen LogP contribution in [0.15, 0.2) is 6.20 Å². The number of halogens is 4. The number of carbonyl (C=O) groups excluding carboxylic acids is 1. The Balaban J connectivity index is 2.13. The van der Waals surface area contributed by atoms with Crippen LogP contribution in [0.25, 0.3) is 0 Å². The smallest absolute Gasteiger partial charge is 0.351 e. The molecule has 0 saturated carbocycles. The number of nitro groups is 1. The molecule has 8 nitrogen and oxygen atoms in total. The Morgan fingerprint density at radius 1 is 1.42 bits per heavy atom. The van der Waals surface area contributed by atoms with Gasteiger partial charge in [0.05, 0.1) is 11.0 Å². The van der Waals surface area contributed by atoms with Crippen LogP contribution in [0.1, 0.15) is 12.8 Å². The fraction of sp³-hybridized carbons (Fsp3) is 0.667. The molecule has 1 N–H and O–H groups in total. The highest BCUT2D eigenvalue weighted by Crippen LogP contribution is 2.29. The van der Waals surface area contributed by atoms with Gasteiger partial charge in [0.1, 0.15) is 12.4 Å². The Hall–Kier alpha value is -2.40. The summed E-state index contributed by atoms with van der Waals surface area (Å²) in [4.78, 5) is 22.8. The lowest BCUT2D eigenvalue weighted by Gasteiger charge is -2.22. The first kappa shape index (κ1) is 17.9. The molecular formula is C12H15F4N5O3. The van der Waals surface area contributed by atoms with Crippen molar-refractivity contribution in [3.63, 3.8) is 0 Å². The maximum absolute atomic E-state index is 14.1. The summed E-state index contributed by atoms with van der Waals surface area (Å²) in [6.07, 6.45) is -6.02. The number of aromatic nitrogens is 2. The van der Waals surface area contributed by atoms with Gasteiger partial charge in [0.25, 0.3) is 0 Å². The summed E-state index contributed by atoms with van der Waals surface area (Å²) in [5.41, 5.74) is -0.273. The zero-order chi connectivity index (χ0) is 18.1. The third-order valence-electron chi connectivity index (χ3n) is 3.78. The van der Waals surface area contributed by atoms with Gasteiger partial charge >= 0.3 is 17.8 Å². The van der Waals surface area contributed by atoms with Gasteiger partial charge in [-0.1, -0.05) is 0 Å². The second-order valence-corrected chi connectivity index (χ2v) is 5.39. The number of aryl methyl sites for hydroxylation is 1. The van der Waals surface area contributed by atoms with E-state index in [-0.39, 0.29) is 37.4 Å². The van der Waals surface area contributed by atoms with E-state index >= 15 is 0 Å². The summed E-state index contributed by atoms with van der Waals surface area (Å²) in [5.74, 6) is -2.05. The van der Waals surface area contributed by atoms with Gasteiger partial charge in [-0.25, -0.2) is 9.07 Å². The molecule has 2 unspecified atom stereocenters. The molecule has 1 aliphatic heterocycles. The van der Waals surface area contributed by atoms with Crippen LogP contribution >= 0.6 is 0 Å². The van der Waals surface area contributed by atoms with Crippen molar-refractivity contribution in [2.45, 2.75) is 31.2 Å². The summed E-state index contributed by atoms with van der Waals surface area (Å²) in [6, 6.07) is -1.31. The molecule has 1 saturated heterocycles. The molecule has 0 spiro atoms. The zero-order valence-corrected chi connectivity index (χ0v) is 12.6. The summed E-state index contributed by atoms with van der Waals surface area (Å²) in [5, 5.41) is 16.4. The van der Waals surface area contributed by atoms with Gasteiger partial charge < -0.3 is 10.2 Å². The number of rotatable bonds is 3. The molecule has 2 rings (SSSR count). The molecule has 1 fully saturated rings. The molecule has 0 radical (unpaired) electrons. The van der Waals surface area contributed by atoms with Crippen molar-refractivity contribution in [1.82, 2.24) is 15.1 Å². The average molecular weight is 353 g/mol. The molecule has 1 aromatic rings. The van der Waals surface area contributed by atoms with Crippen molar-refractivity contribution in [2.75, 3.05) is 18.0 Å². The maximum Gasteiger partial charge on any atom is 0.471 e. The molecule has 0 aromatic carbocycles. The van der Waals surface area contributed by atoms with Crippen LogP contribution in [0.2, 0.25) is 0 Å². The predicted molar refractivity (Wildman–Crippen MR) is 74.2 cm³/mol. The molecule has 0 aliphatic carbocycles. The number of hydrogen-bond donors (Lipinski definition) is 1. The van der Waals surface area contributed by atoms with E-state index in [1.54, 1.807) is 5.32 Å². The molecule has 2 atom stereocenters. The predicted octanol–water partition coefficient (Wildman–Crippen LogP) is 1.31. The van der Waals surface area contributed by atoms with E-state index in [0.717, 1.165) is 6.20 Å². The second-order valence-electron chi connectivity index (χ2n) is 5.39. The lowest BCUT2D eigenvalue weighted by Crippen LogP contribution is -2.47. The lowest BCUT2D eigenvalue weighted by atomic mass is 10.1. The van der Waals surface area contributed by atoms with E-state index < -0.39 is 29.2 Å². The summed E-state index contributed by atoms with van der Waals surface area (Å²) < 4.78 is 52.2. The fourth-order valence-corrected chi connectivity index (χ4v) is 2.61. The van der Waals surface area contributed by atoms with Crippen LogP contribution in [0.3, 0.4) is 0 Å². The van der Waals surface area contributed by atoms with E-state index in [9.17, 15) is 32.5 Å². The first-order valence-electron chi connectivity index (χ1n) is 7.04. The van der Waals surface area contributed by atoms with Crippen molar-refractivity contribution in [2.24, 2.45) is 7.05 Å². The summed E-state index contributed by atoms with van der Waals surface area (Å²) in [7, 11) is 1.48. The summed E-state index contributed by atoms with van der Waals surface area (Å²) >= 11 is 0. The van der Waals surface area contributed by atoms with Gasteiger partial charge in [-0.05, 0) is 12.8 Å². The highest BCUT2D eigenvalue weighted by Gasteiger charge is 2.41. The molecule has 134 valence electrons. The standard InChI is InChI=1S/C12H15F4N5O3/c1-19-10(9(6-17-19)21(23)24)20-4-2-7(13)8(3-5-20)18-11(22)12(14,15)16/h6-8H,2-5H2,1H3,(H,18,22). The SMILES string of the molecule is Cn1ncc([N+](=O)[O-])c1N1CCC(F)C(NC(=O)C(F)(F)F)CC1. The topological polar surface area (TPSA) is 93.3 Å². The Kier molecular flexibility index (Phi) is 4.94. The van der Waals surface area contributed by atoms with E-state index in [4.69, 9.17) is 0 Å². The minimum absolute atomic E-state index is 0.0452. The number of anilines is 1. The monoisotopic (exact) mass is 353 g/mol. The first-order valence-corrected chi connectivity index (χ1v) is 7.04. The molecule has 1 aliphatic rings. The summed E-state index contributed by atoms with van der Waals surface area (Å²) in [6.45, 7) is 0.101. The number of nitrogens with one attached hydrogen (secondary N) is 1. The van der Waals surface area contributed by atoms with Crippen LogP contribution in [0.4, 0.5) is 29.1 Å². The quantitative estimate of drug-likeness (QED) is 0.502. The van der Waals surface area contributed by atoms with E-state index in [0.29, 0.717) is 0 Å². The molecule has 2 heterocycles. The Bertz CT molecular complexity index is 633. The van der Waals surface area contributed by atoms with E-state index in [1.165, 1.54) is 16.6 Å². The molecule has 1 amide bonds. The highest BCUT2D eigenvalue weighted by atomic mass is 19.4. The van der Waals surface area contributed by atoms with Crippen LogP contribution in [0.5, 0.6) is 0 Å². The van der Waals surface area contributed by atoms with Crippen molar-refractivity contribution >= 4 is 17.4 Å². The van der Waals surface area contributed by atoms with Gasteiger partial charge in [0, 0.05) is 20.1 Å². The first-order chi connectivity index (χ1) is 11.1. The van der Waals surface area contributed by atoms with Crippen molar-refractivity contribution in [3.05, 3.63) is 16.3 Å². The van der Waals surface area contributed by atoms with Gasteiger partial charge in [0.15, 0.2) is 0 Å². The van der Waals surface area contributed by atoms with Crippen molar-refractivity contribution in [1.29, 1.82) is 0 Å². The number of amides is 1. The number of carbonyl (C=O) groups is 1. The molecule has 12 heteroatoms.